The molecule has 0 fully saturated rings. The summed E-state index contributed by atoms with van der Waals surface area (Å²) < 4.78 is 68.7. The molecule has 3 unspecified atom stereocenters. The first-order valence-electron chi connectivity index (χ1n) is 42.8. The number of phosphoric acid groups is 2. The van der Waals surface area contributed by atoms with Crippen molar-refractivity contribution in [2.75, 3.05) is 39.6 Å². The zero-order chi connectivity index (χ0) is 75.6. The molecule has 0 aliphatic heterocycles. The molecule has 0 aliphatic carbocycles. The number of allylic oxidation sites excluding steroid dienone is 4. The van der Waals surface area contributed by atoms with E-state index in [0.29, 0.717) is 25.7 Å². The molecule has 0 spiro atoms. The number of carbonyl (C=O) groups excluding carboxylic acids is 4. The van der Waals surface area contributed by atoms with E-state index in [1.165, 1.54) is 218 Å². The van der Waals surface area contributed by atoms with E-state index >= 15 is 0 Å². The van der Waals surface area contributed by atoms with E-state index in [1.54, 1.807) is 0 Å². The Morgan fingerprint density at radius 1 is 0.320 bits per heavy atom. The van der Waals surface area contributed by atoms with Gasteiger partial charge in [0.1, 0.15) is 19.3 Å². The average Bonchev–Trinajstić information content (AvgIpc) is 0.962. The van der Waals surface area contributed by atoms with E-state index < -0.39 is 97.5 Å². The molecule has 6 atom stereocenters. The zero-order valence-corrected chi connectivity index (χ0v) is 68.9. The van der Waals surface area contributed by atoms with E-state index in [0.717, 1.165) is 121 Å². The van der Waals surface area contributed by atoms with Crippen LogP contribution in [0.3, 0.4) is 0 Å². The third kappa shape index (κ3) is 76.1. The summed E-state index contributed by atoms with van der Waals surface area (Å²) in [5.74, 6) is -0.613. The number of unbranched alkanes of at least 4 members (excludes halogenated alkanes) is 47. The van der Waals surface area contributed by atoms with E-state index in [-0.39, 0.29) is 25.7 Å². The lowest BCUT2D eigenvalue weighted by Crippen LogP contribution is -2.30. The summed E-state index contributed by atoms with van der Waals surface area (Å²) in [6.45, 7) is 9.56. The molecule has 103 heavy (non-hydrogen) atoms. The van der Waals surface area contributed by atoms with Gasteiger partial charge in [-0.05, 0) is 63.2 Å². The Balaban J connectivity index is 5.26. The van der Waals surface area contributed by atoms with Gasteiger partial charge in [0.25, 0.3) is 0 Å². The standard InChI is InChI=1S/C84H160O17P2/c1-7-10-12-14-16-18-20-22-24-25-26-27-28-29-31-37-41-45-49-57-63-68-83(88)100-79(72-94-81(86)66-60-54-47-43-39-35-33-32-34-38-42-46-52-58-64-76(4)5)74-98-102(90,91)96-70-78(85)71-97-103(92,93)99-75-80(73-95-82(87)67-61-55-51-50-53-59-65-77(6)9-3)101-84(89)69-62-56-48-44-40-36-30-23-21-19-17-15-13-11-8-2/h19,21,23,30,76-80,85H,7-18,20,22,24-29,31-75H2,1-6H3,(H,90,91)(H,92,93)/b21-19-,30-23-/t77?,78-,79-,80-/m1/s1. The minimum atomic E-state index is -4.97. The maximum Gasteiger partial charge on any atom is 0.472 e. The topological polar surface area (TPSA) is 237 Å². The van der Waals surface area contributed by atoms with E-state index in [9.17, 15) is 43.2 Å². The van der Waals surface area contributed by atoms with Gasteiger partial charge in [-0.15, -0.1) is 0 Å². The summed E-state index contributed by atoms with van der Waals surface area (Å²) in [4.78, 5) is 73.1. The first kappa shape index (κ1) is 101. The number of hydrogen-bond acceptors (Lipinski definition) is 15. The van der Waals surface area contributed by atoms with Crippen molar-refractivity contribution in [3.8, 4) is 0 Å². The Kier molecular flexibility index (Phi) is 73.2. The monoisotopic (exact) mass is 1500 g/mol. The number of phosphoric ester groups is 2. The number of ether oxygens (including phenoxy) is 4. The number of aliphatic hydroxyl groups is 1. The van der Waals surface area contributed by atoms with Crippen LogP contribution in [0.25, 0.3) is 0 Å². The van der Waals surface area contributed by atoms with Crippen LogP contribution in [0.15, 0.2) is 24.3 Å². The van der Waals surface area contributed by atoms with Crippen LogP contribution >= 0.6 is 15.6 Å². The maximum atomic E-state index is 13.1. The number of hydrogen-bond donors (Lipinski definition) is 3. The van der Waals surface area contributed by atoms with Crippen molar-refractivity contribution in [1.29, 1.82) is 0 Å². The molecule has 17 nitrogen and oxygen atoms in total. The van der Waals surface area contributed by atoms with Gasteiger partial charge in [0, 0.05) is 25.7 Å². The smallest absolute Gasteiger partial charge is 0.462 e. The molecule has 0 bridgehead atoms. The molecule has 608 valence electrons. The van der Waals surface area contributed by atoms with Gasteiger partial charge in [-0.2, -0.15) is 0 Å². The summed E-state index contributed by atoms with van der Waals surface area (Å²) in [5.41, 5.74) is 0. The molecule has 0 aliphatic rings. The molecule has 0 saturated carbocycles. The van der Waals surface area contributed by atoms with Crippen LogP contribution < -0.4 is 0 Å². The van der Waals surface area contributed by atoms with Gasteiger partial charge >= 0.3 is 39.5 Å². The van der Waals surface area contributed by atoms with E-state index in [2.05, 4.69) is 65.8 Å². The van der Waals surface area contributed by atoms with Crippen LogP contribution in [-0.4, -0.2) is 96.7 Å². The van der Waals surface area contributed by atoms with E-state index in [1.807, 2.05) is 0 Å². The third-order valence-electron chi connectivity index (χ3n) is 19.4. The second-order valence-corrected chi connectivity index (χ2v) is 33.2. The van der Waals surface area contributed by atoms with Crippen molar-refractivity contribution in [1.82, 2.24) is 0 Å². The van der Waals surface area contributed by atoms with Crippen LogP contribution in [0, 0.1) is 11.8 Å². The van der Waals surface area contributed by atoms with Gasteiger partial charge in [-0.25, -0.2) is 9.13 Å². The molecule has 0 saturated heterocycles. The number of esters is 4. The van der Waals surface area contributed by atoms with Gasteiger partial charge < -0.3 is 33.8 Å². The quantitative estimate of drug-likeness (QED) is 0.0169. The minimum absolute atomic E-state index is 0.0843. The Morgan fingerprint density at radius 2 is 0.573 bits per heavy atom. The highest BCUT2D eigenvalue weighted by molar-refractivity contribution is 7.47. The lowest BCUT2D eigenvalue weighted by Gasteiger charge is -2.21. The third-order valence-corrected chi connectivity index (χ3v) is 21.3. The highest BCUT2D eigenvalue weighted by Gasteiger charge is 2.30. The Hall–Kier alpha value is -2.46. The predicted molar refractivity (Wildman–Crippen MR) is 423 cm³/mol. The van der Waals surface area contributed by atoms with Crippen LogP contribution in [0.4, 0.5) is 0 Å². The van der Waals surface area contributed by atoms with Crippen LogP contribution in [0.1, 0.15) is 420 Å². The number of carbonyl (C=O) groups is 4. The lowest BCUT2D eigenvalue weighted by molar-refractivity contribution is -0.161. The number of rotatable bonds is 81. The molecule has 0 aromatic rings. The van der Waals surface area contributed by atoms with Gasteiger partial charge in [0.2, 0.25) is 0 Å². The Bertz CT molecular complexity index is 2070. The highest BCUT2D eigenvalue weighted by atomic mass is 31.2. The van der Waals surface area contributed by atoms with Crippen molar-refractivity contribution >= 4 is 39.5 Å². The van der Waals surface area contributed by atoms with Gasteiger partial charge in [0.15, 0.2) is 12.2 Å². The summed E-state index contributed by atoms with van der Waals surface area (Å²) in [6, 6.07) is 0. The molecular formula is C84H160O17P2. The average molecular weight is 1500 g/mol. The predicted octanol–water partition coefficient (Wildman–Crippen LogP) is 25.0. The van der Waals surface area contributed by atoms with Crippen molar-refractivity contribution in [3.05, 3.63) is 24.3 Å². The van der Waals surface area contributed by atoms with Gasteiger partial charge in [-0.1, -0.05) is 368 Å². The summed E-state index contributed by atoms with van der Waals surface area (Å²) >= 11 is 0. The summed E-state index contributed by atoms with van der Waals surface area (Å²) in [5, 5.41) is 10.7. The van der Waals surface area contributed by atoms with E-state index in [4.69, 9.17) is 37.0 Å². The fourth-order valence-corrected chi connectivity index (χ4v) is 14.1. The molecule has 0 heterocycles. The van der Waals surface area contributed by atoms with Crippen LogP contribution in [0.2, 0.25) is 0 Å². The van der Waals surface area contributed by atoms with Crippen molar-refractivity contribution < 1.29 is 80.2 Å². The van der Waals surface area contributed by atoms with Gasteiger partial charge in [0.05, 0.1) is 26.4 Å². The first-order valence-corrected chi connectivity index (χ1v) is 45.8. The minimum Gasteiger partial charge on any atom is -0.462 e. The molecule has 0 rings (SSSR count). The molecule has 0 amide bonds. The first-order chi connectivity index (χ1) is 49.9. The number of aliphatic hydroxyl groups excluding tert-OH is 1. The van der Waals surface area contributed by atoms with Gasteiger partial charge in [-0.3, -0.25) is 37.3 Å². The second kappa shape index (κ2) is 75.0. The zero-order valence-electron chi connectivity index (χ0n) is 67.1. The van der Waals surface area contributed by atoms with Crippen molar-refractivity contribution in [3.63, 3.8) is 0 Å². The lowest BCUT2D eigenvalue weighted by atomic mass is 10.00. The molecule has 0 aromatic carbocycles. The maximum absolute atomic E-state index is 13.1. The summed E-state index contributed by atoms with van der Waals surface area (Å²) in [6.07, 6.45) is 68.9. The fraction of sp³-hybridized carbons (Fsp3) is 0.905. The second-order valence-electron chi connectivity index (χ2n) is 30.3. The molecular weight excluding hydrogens is 1340 g/mol. The Labute approximate surface area is 631 Å². The molecule has 0 aromatic heterocycles. The fourth-order valence-electron chi connectivity index (χ4n) is 12.5. The summed E-state index contributed by atoms with van der Waals surface area (Å²) in [7, 11) is -9.94. The van der Waals surface area contributed by atoms with Crippen LogP contribution in [-0.2, 0) is 65.4 Å². The van der Waals surface area contributed by atoms with Crippen LogP contribution in [0.5, 0.6) is 0 Å². The normalized spacial score (nSPS) is 14.3. The largest absolute Gasteiger partial charge is 0.472 e. The molecule has 3 N–H and O–H groups in total. The Morgan fingerprint density at radius 3 is 0.874 bits per heavy atom. The molecule has 19 heteroatoms. The SMILES string of the molecule is CCCCCC/C=C\C=C/CCCCCCCC(=O)O[C@H](COC(=O)CCCCCCCCC(C)CC)COP(=O)(O)OC[C@H](O)COP(=O)(O)OC[C@@H](COC(=O)CCCCCCCCCCCCCCCCC(C)C)OC(=O)CCCCCCCCCCCCCCCCCCCCCCC. The van der Waals surface area contributed by atoms with Crippen molar-refractivity contribution in [2.45, 2.75) is 439 Å². The van der Waals surface area contributed by atoms with Crippen molar-refractivity contribution in [2.24, 2.45) is 11.8 Å². The highest BCUT2D eigenvalue weighted by Crippen LogP contribution is 2.45. The molecule has 0 radical (unpaired) electrons.